The zero-order chi connectivity index (χ0) is 29.4. The number of aliphatic hydroxyl groups excluding tert-OH is 2. The third kappa shape index (κ3) is 6.23. The highest BCUT2D eigenvalue weighted by Crippen LogP contribution is 2.60. The number of fused-ring (bicyclic) bond motifs is 1. The number of aromatic nitrogens is 1. The number of rotatable bonds is 9. The molecule has 0 aromatic carbocycles. The fourth-order valence-corrected chi connectivity index (χ4v) is 9.55. The SMILES string of the molecule is C=C1C(=CC=C2CCC[C@]3(C)[C@@H]([C@H](C)CC[C@@H](OC(=O)NCC)C4(c5nc(C)cs5)CC4)CC[C@@H]23)C[C@@H](O)CC1O. The van der Waals surface area contributed by atoms with Gasteiger partial charge in [0, 0.05) is 24.0 Å². The number of allylic oxidation sites excluding steroid dienone is 3. The molecule has 4 aliphatic rings. The summed E-state index contributed by atoms with van der Waals surface area (Å²) in [6, 6.07) is 0. The van der Waals surface area contributed by atoms with Crippen LogP contribution in [0.25, 0.3) is 0 Å². The van der Waals surface area contributed by atoms with Crippen molar-refractivity contribution in [2.24, 2.45) is 23.2 Å². The quantitative estimate of drug-likeness (QED) is 0.287. The molecule has 4 aliphatic carbocycles. The number of thiazole rings is 1. The van der Waals surface area contributed by atoms with Gasteiger partial charge in [-0.05, 0) is 112 Å². The second-order valence-corrected chi connectivity index (χ2v) is 14.5. The van der Waals surface area contributed by atoms with Crippen molar-refractivity contribution in [3.8, 4) is 0 Å². The lowest BCUT2D eigenvalue weighted by Crippen LogP contribution is -2.38. The summed E-state index contributed by atoms with van der Waals surface area (Å²) in [7, 11) is 0. The van der Waals surface area contributed by atoms with Crippen molar-refractivity contribution in [2.45, 2.75) is 122 Å². The molecule has 1 unspecified atom stereocenters. The van der Waals surface area contributed by atoms with E-state index in [-0.39, 0.29) is 23.0 Å². The highest BCUT2D eigenvalue weighted by atomic mass is 32.1. The van der Waals surface area contributed by atoms with Crippen molar-refractivity contribution in [2.75, 3.05) is 6.54 Å². The van der Waals surface area contributed by atoms with Crippen molar-refractivity contribution in [3.05, 3.63) is 51.5 Å². The number of hydrogen-bond acceptors (Lipinski definition) is 6. The molecule has 4 saturated carbocycles. The van der Waals surface area contributed by atoms with Gasteiger partial charge in [-0.2, -0.15) is 0 Å². The molecular weight excluding hydrogens is 532 g/mol. The Morgan fingerprint density at radius 3 is 2.73 bits per heavy atom. The number of hydrogen-bond donors (Lipinski definition) is 3. The molecule has 0 aliphatic heterocycles. The van der Waals surface area contributed by atoms with E-state index in [1.807, 2.05) is 13.8 Å². The largest absolute Gasteiger partial charge is 0.445 e. The lowest BCUT2D eigenvalue weighted by molar-refractivity contribution is 0.0525. The maximum absolute atomic E-state index is 12.6. The molecule has 7 atom stereocenters. The van der Waals surface area contributed by atoms with E-state index in [1.165, 1.54) is 31.3 Å². The first-order valence-corrected chi connectivity index (χ1v) is 16.8. The number of carbonyl (C=O) groups excluding carboxylic acids is 1. The second-order valence-electron chi connectivity index (χ2n) is 13.6. The van der Waals surface area contributed by atoms with Gasteiger partial charge in [-0.3, -0.25) is 0 Å². The van der Waals surface area contributed by atoms with E-state index in [2.05, 4.69) is 43.3 Å². The van der Waals surface area contributed by atoms with Gasteiger partial charge in [0.05, 0.1) is 17.6 Å². The topological polar surface area (TPSA) is 91.7 Å². The van der Waals surface area contributed by atoms with E-state index in [1.54, 1.807) is 11.3 Å². The molecule has 41 heavy (non-hydrogen) atoms. The normalized spacial score (nSPS) is 34.3. The molecule has 5 rings (SSSR count). The van der Waals surface area contributed by atoms with Gasteiger partial charge in [0.25, 0.3) is 0 Å². The van der Waals surface area contributed by atoms with Crippen molar-refractivity contribution in [1.82, 2.24) is 10.3 Å². The smallest absolute Gasteiger partial charge is 0.407 e. The molecule has 1 heterocycles. The highest BCUT2D eigenvalue weighted by molar-refractivity contribution is 7.09. The Morgan fingerprint density at radius 1 is 1.27 bits per heavy atom. The fraction of sp³-hybridized carbons (Fsp3) is 0.706. The third-order valence-corrected chi connectivity index (χ3v) is 12.1. The second kappa shape index (κ2) is 12.3. The van der Waals surface area contributed by atoms with Crippen molar-refractivity contribution in [3.63, 3.8) is 0 Å². The van der Waals surface area contributed by atoms with E-state index in [4.69, 9.17) is 9.72 Å². The van der Waals surface area contributed by atoms with E-state index in [0.717, 1.165) is 54.0 Å². The molecule has 1 amide bonds. The van der Waals surface area contributed by atoms with Crippen LogP contribution < -0.4 is 5.32 Å². The van der Waals surface area contributed by atoms with Crippen LogP contribution in [-0.2, 0) is 10.2 Å². The predicted octanol–water partition coefficient (Wildman–Crippen LogP) is 7.16. The first-order valence-electron chi connectivity index (χ1n) is 15.9. The Labute approximate surface area is 250 Å². The van der Waals surface area contributed by atoms with E-state index < -0.39 is 12.2 Å². The van der Waals surface area contributed by atoms with Crippen molar-refractivity contribution in [1.29, 1.82) is 0 Å². The lowest BCUT2D eigenvalue weighted by Gasteiger charge is -2.44. The summed E-state index contributed by atoms with van der Waals surface area (Å²) in [5.41, 5.74) is 4.46. The minimum Gasteiger partial charge on any atom is -0.445 e. The number of nitrogens with one attached hydrogen (secondary N) is 1. The standard InChI is InChI=1S/C34H50N2O4S/c1-6-35-32(39)40-30(34(16-17-34)31-36-22(3)20-41-31)14-9-21(2)27-12-13-28-24(8-7-15-33(27,28)5)10-11-25-18-26(37)19-29(38)23(25)4/h10-11,20-21,26-30,37-38H,4,6-9,12-19H2,1-3,5H3,(H,35,39)/t21-,26-,27-,28+,29?,30-,33-/m1/s1. The number of alkyl carbamates (subject to hydrolysis) is 1. The first kappa shape index (κ1) is 30.5. The molecule has 226 valence electrons. The molecule has 1 aromatic rings. The first-order chi connectivity index (χ1) is 19.6. The molecule has 6 nitrogen and oxygen atoms in total. The fourth-order valence-electron chi connectivity index (χ4n) is 8.45. The summed E-state index contributed by atoms with van der Waals surface area (Å²) in [5, 5.41) is 26.5. The molecule has 0 saturated heterocycles. The summed E-state index contributed by atoms with van der Waals surface area (Å²) < 4.78 is 6.12. The van der Waals surface area contributed by atoms with Gasteiger partial charge in [0.2, 0.25) is 0 Å². The van der Waals surface area contributed by atoms with Gasteiger partial charge >= 0.3 is 6.09 Å². The zero-order valence-corrected chi connectivity index (χ0v) is 26.3. The van der Waals surface area contributed by atoms with Crippen LogP contribution in [0.5, 0.6) is 0 Å². The van der Waals surface area contributed by atoms with Crippen LogP contribution in [-0.4, -0.2) is 46.1 Å². The van der Waals surface area contributed by atoms with Gasteiger partial charge in [0.15, 0.2) is 0 Å². The Morgan fingerprint density at radius 2 is 2.05 bits per heavy atom. The van der Waals surface area contributed by atoms with Gasteiger partial charge in [-0.1, -0.05) is 38.2 Å². The third-order valence-electron chi connectivity index (χ3n) is 10.9. The minimum absolute atomic E-state index is 0.121. The minimum atomic E-state index is -0.646. The summed E-state index contributed by atoms with van der Waals surface area (Å²) >= 11 is 1.71. The molecule has 4 fully saturated rings. The lowest BCUT2D eigenvalue weighted by atomic mass is 9.60. The molecule has 1 aromatic heterocycles. The van der Waals surface area contributed by atoms with E-state index in [0.29, 0.717) is 37.1 Å². The maximum atomic E-state index is 12.6. The molecule has 3 N–H and O–H groups in total. The number of aliphatic hydroxyl groups is 2. The number of carbonyl (C=O) groups is 1. The van der Waals surface area contributed by atoms with Crippen LogP contribution in [0.2, 0.25) is 0 Å². The van der Waals surface area contributed by atoms with Gasteiger partial charge < -0.3 is 20.3 Å². The van der Waals surface area contributed by atoms with Crippen LogP contribution in [0.3, 0.4) is 0 Å². The summed E-state index contributed by atoms with van der Waals surface area (Å²) in [5.74, 6) is 1.75. The van der Waals surface area contributed by atoms with Gasteiger partial charge in [-0.25, -0.2) is 9.78 Å². The van der Waals surface area contributed by atoms with Crippen molar-refractivity contribution >= 4 is 17.4 Å². The van der Waals surface area contributed by atoms with Gasteiger partial charge in [-0.15, -0.1) is 11.3 Å². The molecule has 7 heteroatoms. The summed E-state index contributed by atoms with van der Waals surface area (Å²) in [6.07, 6.45) is 13.8. The number of nitrogens with zero attached hydrogens (tertiary/aromatic N) is 1. The van der Waals surface area contributed by atoms with Crippen LogP contribution in [0, 0.1) is 30.1 Å². The zero-order valence-electron chi connectivity index (χ0n) is 25.5. The highest BCUT2D eigenvalue weighted by Gasteiger charge is 2.56. The predicted molar refractivity (Wildman–Crippen MR) is 165 cm³/mol. The van der Waals surface area contributed by atoms with Crippen LogP contribution in [0.4, 0.5) is 4.79 Å². The number of ether oxygens (including phenoxy) is 1. The molecule has 0 bridgehead atoms. The summed E-state index contributed by atoms with van der Waals surface area (Å²) in [4.78, 5) is 17.4. The van der Waals surface area contributed by atoms with E-state index in [9.17, 15) is 15.0 Å². The van der Waals surface area contributed by atoms with Gasteiger partial charge in [0.1, 0.15) is 11.1 Å². The number of aryl methyl sites for hydroxylation is 1. The molecular formula is C34H50N2O4S. The monoisotopic (exact) mass is 582 g/mol. The Balaban J connectivity index is 1.28. The Kier molecular flexibility index (Phi) is 9.18. The van der Waals surface area contributed by atoms with Crippen LogP contribution in [0.15, 0.2) is 40.8 Å². The van der Waals surface area contributed by atoms with E-state index >= 15 is 0 Å². The summed E-state index contributed by atoms with van der Waals surface area (Å²) in [6.45, 7) is 13.6. The number of amides is 1. The Hall–Kier alpha value is -1.96. The average Bonchev–Trinajstić information content (AvgIpc) is 3.48. The van der Waals surface area contributed by atoms with Crippen LogP contribution >= 0.6 is 11.3 Å². The average molecular weight is 583 g/mol. The van der Waals surface area contributed by atoms with Crippen molar-refractivity contribution < 1.29 is 19.7 Å². The maximum Gasteiger partial charge on any atom is 0.407 e. The molecule has 0 radical (unpaired) electrons. The molecule has 0 spiro atoms. The Bertz CT molecular complexity index is 1180. The van der Waals surface area contributed by atoms with Crippen LogP contribution in [0.1, 0.15) is 102 Å².